The highest BCUT2D eigenvalue weighted by Crippen LogP contribution is 2.21. The lowest BCUT2D eigenvalue weighted by Gasteiger charge is -2.21. The van der Waals surface area contributed by atoms with E-state index in [1.165, 1.54) is 19.3 Å². The fourth-order valence-electron chi connectivity index (χ4n) is 3.07. The number of rotatable bonds is 8. The molecule has 118 valence electrons. The molecule has 2 unspecified atom stereocenters. The lowest BCUT2D eigenvalue weighted by Crippen LogP contribution is -2.34. The maximum atomic E-state index is 10.2. The minimum Gasteiger partial charge on any atom is -0.491 e. The highest BCUT2D eigenvalue weighted by atomic mass is 16.5. The summed E-state index contributed by atoms with van der Waals surface area (Å²) in [6, 6.07) is 7.74. The number of benzene rings is 1. The summed E-state index contributed by atoms with van der Waals surface area (Å²) in [4.78, 5) is 2.35. The molecule has 1 heterocycles. The number of aliphatic hydroxyl groups is 1. The minimum absolute atomic E-state index is 0.325. The maximum absolute atomic E-state index is 10.2. The number of hydrogen-bond acceptors (Lipinski definition) is 4. The van der Waals surface area contributed by atoms with E-state index in [1.54, 1.807) is 0 Å². The zero-order valence-electron chi connectivity index (χ0n) is 13.0. The van der Waals surface area contributed by atoms with Crippen LogP contribution in [-0.4, -0.2) is 42.4 Å². The van der Waals surface area contributed by atoms with Crippen molar-refractivity contribution in [1.82, 2.24) is 4.90 Å². The molecule has 1 saturated heterocycles. The fourth-order valence-corrected chi connectivity index (χ4v) is 3.07. The second kappa shape index (κ2) is 8.37. The first-order chi connectivity index (χ1) is 10.2. The Kier molecular flexibility index (Phi) is 6.49. The molecule has 0 aromatic heterocycles. The first-order valence-corrected chi connectivity index (χ1v) is 8.04. The van der Waals surface area contributed by atoms with Crippen molar-refractivity contribution in [3.8, 4) is 5.75 Å². The van der Waals surface area contributed by atoms with Crippen LogP contribution in [0.4, 0.5) is 0 Å². The second-order valence-corrected chi connectivity index (χ2v) is 5.98. The summed E-state index contributed by atoms with van der Waals surface area (Å²) >= 11 is 0. The molecule has 0 radical (unpaired) electrons. The number of β-amino-alcohol motifs (C(OH)–C–C–N with tert-alkyl or cyclic N) is 1. The van der Waals surface area contributed by atoms with Crippen LogP contribution in [0.5, 0.6) is 5.75 Å². The normalized spacial score (nSPS) is 20.6. The van der Waals surface area contributed by atoms with Gasteiger partial charge in [-0.15, -0.1) is 0 Å². The first-order valence-electron chi connectivity index (χ1n) is 8.04. The molecule has 1 fully saturated rings. The number of ether oxygens (including phenoxy) is 1. The highest BCUT2D eigenvalue weighted by molar-refractivity contribution is 5.32. The van der Waals surface area contributed by atoms with Crippen molar-refractivity contribution in [2.45, 2.75) is 38.8 Å². The van der Waals surface area contributed by atoms with Crippen molar-refractivity contribution in [3.63, 3.8) is 0 Å². The molecule has 0 spiro atoms. The van der Waals surface area contributed by atoms with Crippen molar-refractivity contribution < 1.29 is 9.84 Å². The number of aliphatic hydroxyl groups excluding tert-OH is 1. The van der Waals surface area contributed by atoms with Crippen LogP contribution in [0.25, 0.3) is 0 Å². The lowest BCUT2D eigenvalue weighted by atomic mass is 10.0. The monoisotopic (exact) mass is 292 g/mol. The Morgan fingerprint density at radius 3 is 3.00 bits per heavy atom. The van der Waals surface area contributed by atoms with E-state index in [4.69, 9.17) is 10.5 Å². The summed E-state index contributed by atoms with van der Waals surface area (Å²) in [6.45, 7) is 5.93. The molecule has 0 aliphatic carbocycles. The van der Waals surface area contributed by atoms with E-state index in [9.17, 15) is 5.11 Å². The predicted octanol–water partition coefficient (Wildman–Crippen LogP) is 2.01. The van der Waals surface area contributed by atoms with Crippen LogP contribution < -0.4 is 10.5 Å². The lowest BCUT2D eigenvalue weighted by molar-refractivity contribution is 0.0742. The molecule has 1 aliphatic heterocycles. The van der Waals surface area contributed by atoms with E-state index in [1.807, 2.05) is 24.3 Å². The Balaban J connectivity index is 1.74. The molecule has 21 heavy (non-hydrogen) atoms. The number of hydrogen-bond donors (Lipinski definition) is 2. The van der Waals surface area contributed by atoms with Crippen LogP contribution in [0.1, 0.15) is 31.7 Å². The van der Waals surface area contributed by atoms with E-state index in [2.05, 4.69) is 11.8 Å². The molecule has 0 bridgehead atoms. The van der Waals surface area contributed by atoms with E-state index in [0.717, 1.165) is 30.3 Å². The number of likely N-dealkylation sites (tertiary alicyclic amines) is 1. The third-order valence-corrected chi connectivity index (χ3v) is 4.16. The summed E-state index contributed by atoms with van der Waals surface area (Å²) in [5, 5.41) is 10.2. The largest absolute Gasteiger partial charge is 0.491 e. The van der Waals surface area contributed by atoms with Gasteiger partial charge in [-0.1, -0.05) is 31.5 Å². The Bertz CT molecular complexity index is 425. The Morgan fingerprint density at radius 1 is 1.43 bits per heavy atom. The molecule has 1 aromatic rings. The average Bonchev–Trinajstić information content (AvgIpc) is 2.93. The molecule has 0 amide bonds. The fraction of sp³-hybridized carbons (Fsp3) is 0.647. The smallest absolute Gasteiger partial charge is 0.123 e. The van der Waals surface area contributed by atoms with E-state index < -0.39 is 6.10 Å². The number of nitrogens with two attached hydrogens (primary N) is 1. The Labute approximate surface area is 127 Å². The van der Waals surface area contributed by atoms with Crippen molar-refractivity contribution in [2.24, 2.45) is 11.7 Å². The highest BCUT2D eigenvalue weighted by Gasteiger charge is 2.23. The molecule has 4 heteroatoms. The molecular formula is C17H28N2O2. The van der Waals surface area contributed by atoms with Gasteiger partial charge in [-0.25, -0.2) is 0 Å². The van der Waals surface area contributed by atoms with Gasteiger partial charge in [0.1, 0.15) is 18.5 Å². The molecule has 4 nitrogen and oxygen atoms in total. The zero-order valence-corrected chi connectivity index (χ0v) is 13.0. The van der Waals surface area contributed by atoms with Gasteiger partial charge in [-0.2, -0.15) is 0 Å². The minimum atomic E-state index is -0.448. The van der Waals surface area contributed by atoms with Gasteiger partial charge in [0.15, 0.2) is 0 Å². The molecule has 3 N–H and O–H groups in total. The van der Waals surface area contributed by atoms with Gasteiger partial charge in [0.2, 0.25) is 0 Å². The maximum Gasteiger partial charge on any atom is 0.123 e. The van der Waals surface area contributed by atoms with E-state index >= 15 is 0 Å². The summed E-state index contributed by atoms with van der Waals surface area (Å²) in [5.41, 5.74) is 6.66. The third kappa shape index (κ3) is 4.99. The molecule has 1 aromatic carbocycles. The standard InChI is InChI=1S/C17H28N2O2/c1-2-5-14-8-9-19(11-14)12-16(20)13-21-17-7-4-3-6-15(17)10-18/h3-4,6-7,14,16,20H,2,5,8-13,18H2,1H3. The van der Waals surface area contributed by atoms with Gasteiger partial charge in [0.25, 0.3) is 0 Å². The number of para-hydroxylation sites is 1. The van der Waals surface area contributed by atoms with Crippen LogP contribution in [0, 0.1) is 5.92 Å². The average molecular weight is 292 g/mol. The summed E-state index contributed by atoms with van der Waals surface area (Å²) in [7, 11) is 0. The van der Waals surface area contributed by atoms with Gasteiger partial charge in [0, 0.05) is 25.2 Å². The van der Waals surface area contributed by atoms with Crippen molar-refractivity contribution in [2.75, 3.05) is 26.2 Å². The quantitative estimate of drug-likeness (QED) is 0.769. The van der Waals surface area contributed by atoms with E-state index in [-0.39, 0.29) is 0 Å². The van der Waals surface area contributed by atoms with Crippen molar-refractivity contribution >= 4 is 0 Å². The third-order valence-electron chi connectivity index (χ3n) is 4.16. The molecule has 2 atom stereocenters. The molecule has 0 saturated carbocycles. The van der Waals surface area contributed by atoms with Gasteiger partial charge >= 0.3 is 0 Å². The van der Waals surface area contributed by atoms with Crippen molar-refractivity contribution in [3.05, 3.63) is 29.8 Å². The van der Waals surface area contributed by atoms with Crippen LogP contribution in [0.3, 0.4) is 0 Å². The molecular weight excluding hydrogens is 264 g/mol. The topological polar surface area (TPSA) is 58.7 Å². The van der Waals surface area contributed by atoms with Gasteiger partial charge < -0.3 is 20.5 Å². The summed E-state index contributed by atoms with van der Waals surface area (Å²) in [5.74, 6) is 1.59. The van der Waals surface area contributed by atoms with Gasteiger partial charge in [0.05, 0.1) is 0 Å². The molecule has 1 aliphatic rings. The van der Waals surface area contributed by atoms with Gasteiger partial charge in [-0.05, 0) is 31.4 Å². The van der Waals surface area contributed by atoms with Crippen LogP contribution >= 0.6 is 0 Å². The first kappa shape index (κ1) is 16.3. The predicted molar refractivity (Wildman–Crippen MR) is 85.3 cm³/mol. The summed E-state index contributed by atoms with van der Waals surface area (Å²) in [6.07, 6.45) is 3.36. The Hall–Kier alpha value is -1.10. The molecule has 2 rings (SSSR count). The van der Waals surface area contributed by atoms with Crippen LogP contribution in [-0.2, 0) is 6.54 Å². The number of nitrogens with zero attached hydrogens (tertiary/aromatic N) is 1. The van der Waals surface area contributed by atoms with Crippen molar-refractivity contribution in [1.29, 1.82) is 0 Å². The second-order valence-electron chi connectivity index (χ2n) is 5.98. The SMILES string of the molecule is CCCC1CCN(CC(O)COc2ccccc2CN)C1. The summed E-state index contributed by atoms with van der Waals surface area (Å²) < 4.78 is 5.72. The van der Waals surface area contributed by atoms with Crippen LogP contribution in [0.15, 0.2) is 24.3 Å². The zero-order chi connectivity index (χ0) is 15.1. The van der Waals surface area contributed by atoms with E-state index in [0.29, 0.717) is 19.7 Å². The Morgan fingerprint density at radius 2 is 2.24 bits per heavy atom. The van der Waals surface area contributed by atoms with Gasteiger partial charge in [-0.3, -0.25) is 0 Å². The van der Waals surface area contributed by atoms with Crippen LogP contribution in [0.2, 0.25) is 0 Å².